The topological polar surface area (TPSA) is 80.2 Å². The van der Waals surface area contributed by atoms with Gasteiger partial charge in [-0.1, -0.05) is 36.4 Å². The van der Waals surface area contributed by atoms with E-state index in [1.807, 2.05) is 49.4 Å². The summed E-state index contributed by atoms with van der Waals surface area (Å²) in [5.74, 6) is 0. The summed E-state index contributed by atoms with van der Waals surface area (Å²) in [7, 11) is 0. The first-order valence-electron chi connectivity index (χ1n) is 8.59. The van der Waals surface area contributed by atoms with Gasteiger partial charge in [0.05, 0.1) is 5.39 Å². The van der Waals surface area contributed by atoms with Crippen LogP contribution in [0.4, 0.5) is 0 Å². The van der Waals surface area contributed by atoms with E-state index in [0.29, 0.717) is 24.3 Å². The van der Waals surface area contributed by atoms with Gasteiger partial charge < -0.3 is 0 Å². The van der Waals surface area contributed by atoms with Gasteiger partial charge in [-0.15, -0.1) is 0 Å². The number of pyridine rings is 2. The smallest absolute Gasteiger partial charge is 0.270 e. The average molecular weight is 356 g/mol. The molecule has 0 aliphatic heterocycles. The van der Waals surface area contributed by atoms with Gasteiger partial charge in [0.2, 0.25) is 0 Å². The lowest BCUT2D eigenvalue weighted by molar-refractivity contribution is 0.686. The molecule has 3 heterocycles. The van der Waals surface area contributed by atoms with E-state index in [-0.39, 0.29) is 16.5 Å². The fourth-order valence-electron chi connectivity index (χ4n) is 3.25. The van der Waals surface area contributed by atoms with Crippen LogP contribution >= 0.6 is 0 Å². The number of aryl methyl sites for hydroxylation is 3. The van der Waals surface area contributed by atoms with Crippen LogP contribution in [0.15, 0.2) is 64.3 Å². The minimum Gasteiger partial charge on any atom is -0.291 e. The molecule has 0 atom stereocenters. The van der Waals surface area contributed by atoms with E-state index in [2.05, 4.69) is 4.98 Å². The SMILES string of the molecule is Cc1cccn2c(=O)c3cc(C#N)c(=O)n(CCc4ccccc4)c3nc12. The van der Waals surface area contributed by atoms with Gasteiger partial charge in [-0.25, -0.2) is 4.98 Å². The standard InChI is InChI=1S/C21H16N4O2/c1-14-6-5-10-24-18(14)23-19-17(21(24)27)12-16(13-22)20(26)25(19)11-9-15-7-3-2-4-8-15/h2-8,10,12H,9,11H2,1H3. The summed E-state index contributed by atoms with van der Waals surface area (Å²) in [6.45, 7) is 2.20. The van der Waals surface area contributed by atoms with Crippen LogP contribution in [-0.2, 0) is 13.0 Å². The highest BCUT2D eigenvalue weighted by Crippen LogP contribution is 2.13. The lowest BCUT2D eigenvalue weighted by Crippen LogP contribution is -2.28. The highest BCUT2D eigenvalue weighted by atomic mass is 16.1. The fourth-order valence-corrected chi connectivity index (χ4v) is 3.25. The van der Waals surface area contributed by atoms with Crippen molar-refractivity contribution < 1.29 is 0 Å². The van der Waals surface area contributed by atoms with Gasteiger partial charge in [-0.05, 0) is 36.6 Å². The second-order valence-corrected chi connectivity index (χ2v) is 6.40. The van der Waals surface area contributed by atoms with Gasteiger partial charge in [0.25, 0.3) is 11.1 Å². The van der Waals surface area contributed by atoms with Crippen LogP contribution < -0.4 is 11.1 Å². The first-order chi connectivity index (χ1) is 13.1. The zero-order valence-electron chi connectivity index (χ0n) is 14.7. The highest BCUT2D eigenvalue weighted by molar-refractivity contribution is 5.78. The molecule has 0 spiro atoms. The molecule has 0 radical (unpaired) electrons. The molecule has 132 valence electrons. The largest absolute Gasteiger partial charge is 0.291 e. The summed E-state index contributed by atoms with van der Waals surface area (Å²) in [5.41, 5.74) is 1.95. The Morgan fingerprint density at radius 2 is 1.81 bits per heavy atom. The molecule has 1 aromatic carbocycles. The number of hydrogen-bond donors (Lipinski definition) is 0. The number of nitrogens with zero attached hydrogens (tertiary/aromatic N) is 4. The van der Waals surface area contributed by atoms with E-state index in [0.717, 1.165) is 11.1 Å². The summed E-state index contributed by atoms with van der Waals surface area (Å²) in [4.78, 5) is 30.3. The van der Waals surface area contributed by atoms with E-state index in [1.54, 1.807) is 12.3 Å². The van der Waals surface area contributed by atoms with Gasteiger partial charge in [-0.2, -0.15) is 5.26 Å². The molecule has 6 nitrogen and oxygen atoms in total. The van der Waals surface area contributed by atoms with Crippen LogP contribution in [-0.4, -0.2) is 14.0 Å². The Hall–Kier alpha value is -3.72. The van der Waals surface area contributed by atoms with E-state index >= 15 is 0 Å². The number of aromatic nitrogens is 3. The Balaban J connectivity index is 2.01. The van der Waals surface area contributed by atoms with Gasteiger partial charge in [0.1, 0.15) is 17.3 Å². The summed E-state index contributed by atoms with van der Waals surface area (Å²) in [6.07, 6.45) is 2.24. The predicted molar refractivity (Wildman–Crippen MR) is 103 cm³/mol. The van der Waals surface area contributed by atoms with Crippen molar-refractivity contribution in [2.24, 2.45) is 0 Å². The van der Waals surface area contributed by atoms with Gasteiger partial charge >= 0.3 is 0 Å². The molecular formula is C21H16N4O2. The van der Waals surface area contributed by atoms with Crippen molar-refractivity contribution in [3.63, 3.8) is 0 Å². The zero-order chi connectivity index (χ0) is 19.0. The van der Waals surface area contributed by atoms with Gasteiger partial charge in [0, 0.05) is 12.7 Å². The minimum absolute atomic E-state index is 0.0536. The minimum atomic E-state index is -0.425. The molecule has 6 heteroatoms. The van der Waals surface area contributed by atoms with Crippen LogP contribution in [0.25, 0.3) is 16.7 Å². The van der Waals surface area contributed by atoms with Gasteiger partial charge in [-0.3, -0.25) is 18.6 Å². The molecular weight excluding hydrogens is 340 g/mol. The third-order valence-electron chi connectivity index (χ3n) is 4.67. The van der Waals surface area contributed by atoms with Crippen LogP contribution in [0, 0.1) is 18.3 Å². The van der Waals surface area contributed by atoms with Crippen molar-refractivity contribution in [3.8, 4) is 6.07 Å². The normalized spacial score (nSPS) is 11.0. The Labute approximate surface area is 154 Å². The number of hydrogen-bond acceptors (Lipinski definition) is 4. The number of rotatable bonds is 3. The van der Waals surface area contributed by atoms with Crippen molar-refractivity contribution >= 4 is 16.7 Å². The monoisotopic (exact) mass is 356 g/mol. The molecule has 4 aromatic rings. The molecule has 0 aliphatic carbocycles. The number of fused-ring (bicyclic) bond motifs is 2. The van der Waals surface area contributed by atoms with E-state index < -0.39 is 5.56 Å². The highest BCUT2D eigenvalue weighted by Gasteiger charge is 2.15. The van der Waals surface area contributed by atoms with E-state index in [1.165, 1.54) is 15.0 Å². The first kappa shape index (κ1) is 16.7. The summed E-state index contributed by atoms with van der Waals surface area (Å²) in [5, 5.41) is 9.61. The lowest BCUT2D eigenvalue weighted by Gasteiger charge is -2.12. The Morgan fingerprint density at radius 3 is 2.56 bits per heavy atom. The summed E-state index contributed by atoms with van der Waals surface area (Å²) >= 11 is 0. The molecule has 0 saturated carbocycles. The Bertz CT molecular complexity index is 1330. The van der Waals surface area contributed by atoms with Crippen LogP contribution in [0.2, 0.25) is 0 Å². The summed E-state index contributed by atoms with van der Waals surface area (Å²) in [6, 6.07) is 16.6. The van der Waals surface area contributed by atoms with Crippen molar-refractivity contribution in [1.82, 2.24) is 14.0 Å². The second kappa shape index (κ2) is 6.54. The molecule has 0 unspecified atom stereocenters. The maximum atomic E-state index is 12.9. The van der Waals surface area contributed by atoms with Crippen LogP contribution in [0.3, 0.4) is 0 Å². The average Bonchev–Trinajstić information content (AvgIpc) is 2.69. The lowest BCUT2D eigenvalue weighted by atomic mass is 10.1. The third-order valence-corrected chi connectivity index (χ3v) is 4.67. The van der Waals surface area contributed by atoms with E-state index in [9.17, 15) is 14.9 Å². The fraction of sp³-hybridized carbons (Fsp3) is 0.143. The molecule has 0 bridgehead atoms. The van der Waals surface area contributed by atoms with Crippen LogP contribution in [0.1, 0.15) is 16.7 Å². The van der Waals surface area contributed by atoms with E-state index in [4.69, 9.17) is 0 Å². The number of benzene rings is 1. The maximum absolute atomic E-state index is 12.9. The van der Waals surface area contributed by atoms with Crippen molar-refractivity contribution in [2.75, 3.05) is 0 Å². The van der Waals surface area contributed by atoms with Gasteiger partial charge in [0.15, 0.2) is 5.65 Å². The first-order valence-corrected chi connectivity index (χ1v) is 8.59. The molecule has 27 heavy (non-hydrogen) atoms. The van der Waals surface area contributed by atoms with Crippen molar-refractivity contribution in [2.45, 2.75) is 19.9 Å². The van der Waals surface area contributed by atoms with Crippen LogP contribution in [0.5, 0.6) is 0 Å². The molecule has 3 aromatic heterocycles. The molecule has 0 N–H and O–H groups in total. The predicted octanol–water partition coefficient (Wildman–Crippen LogP) is 2.43. The Morgan fingerprint density at radius 1 is 1.04 bits per heavy atom. The molecule has 0 amide bonds. The van der Waals surface area contributed by atoms with Crippen molar-refractivity contribution in [3.05, 3.63) is 92.1 Å². The summed E-state index contributed by atoms with van der Waals surface area (Å²) < 4.78 is 2.89. The second-order valence-electron chi connectivity index (χ2n) is 6.40. The number of nitriles is 1. The van der Waals surface area contributed by atoms with Crippen molar-refractivity contribution in [1.29, 1.82) is 5.26 Å². The Kier molecular flexibility index (Phi) is 4.05. The molecule has 0 aliphatic rings. The third kappa shape index (κ3) is 2.79. The quantitative estimate of drug-likeness (QED) is 0.528. The zero-order valence-corrected chi connectivity index (χ0v) is 14.7. The molecule has 0 fully saturated rings. The molecule has 4 rings (SSSR count). The maximum Gasteiger partial charge on any atom is 0.270 e. The molecule has 0 saturated heterocycles.